The van der Waals surface area contributed by atoms with Gasteiger partial charge in [-0.3, -0.25) is 0 Å². The molecule has 0 saturated heterocycles. The molecule has 0 bridgehead atoms. The van der Waals surface area contributed by atoms with E-state index in [1.165, 1.54) is 44.5 Å². The monoisotopic (exact) mass is 740 g/mol. The van der Waals surface area contributed by atoms with Crippen molar-refractivity contribution in [2.75, 3.05) is 9.80 Å². The van der Waals surface area contributed by atoms with E-state index >= 15 is 0 Å². The number of hydrogen-bond acceptors (Lipinski definition) is 3. The summed E-state index contributed by atoms with van der Waals surface area (Å²) in [6.07, 6.45) is 0. The van der Waals surface area contributed by atoms with Crippen molar-refractivity contribution in [1.82, 2.24) is 0 Å². The molecule has 3 nitrogen and oxygen atoms in total. The highest BCUT2D eigenvalue weighted by atomic mass is 16.3. The summed E-state index contributed by atoms with van der Waals surface area (Å²) in [4.78, 5) is 4.78. The number of furan rings is 1. The maximum atomic E-state index is 6.48. The fraction of sp³-hybridized carbons (Fsp3) is 0.0182. The van der Waals surface area contributed by atoms with Gasteiger partial charge in [-0.25, -0.2) is 0 Å². The van der Waals surface area contributed by atoms with Gasteiger partial charge in [-0.2, -0.15) is 0 Å². The van der Waals surface area contributed by atoms with Gasteiger partial charge >= 0.3 is 0 Å². The maximum Gasteiger partial charge on any atom is 0.137 e. The molecule has 1 aromatic heterocycles. The van der Waals surface area contributed by atoms with Crippen LogP contribution >= 0.6 is 0 Å². The van der Waals surface area contributed by atoms with E-state index in [0.717, 1.165) is 56.1 Å². The SMILES string of the molecule is c1ccc(N(c2ccccc2)c2ccc3c(c2)C2(c4ccccc4-3)c3ccccc3-c3c(N(c4ccccc4)c4ccc5c(c4)oc4ccccc45)cccc32)cc1. The fourth-order valence-electron chi connectivity index (χ4n) is 9.94. The van der Waals surface area contributed by atoms with Gasteiger partial charge in [0, 0.05) is 50.8 Å². The minimum absolute atomic E-state index is 0.548. The molecular formula is C55H36N2O. The highest BCUT2D eigenvalue weighted by Gasteiger charge is 2.52. The second-order valence-corrected chi connectivity index (χ2v) is 15.2. The molecule has 10 aromatic rings. The lowest BCUT2D eigenvalue weighted by Gasteiger charge is -2.33. The molecule has 1 spiro atoms. The van der Waals surface area contributed by atoms with Gasteiger partial charge in [-0.15, -0.1) is 0 Å². The first-order chi connectivity index (χ1) is 28.8. The van der Waals surface area contributed by atoms with Crippen LogP contribution in [0.2, 0.25) is 0 Å². The maximum absolute atomic E-state index is 6.48. The van der Waals surface area contributed by atoms with E-state index in [2.05, 4.69) is 216 Å². The van der Waals surface area contributed by atoms with Crippen molar-refractivity contribution in [3.63, 3.8) is 0 Å². The molecule has 0 amide bonds. The number of fused-ring (bicyclic) bond motifs is 13. The Hall–Kier alpha value is -7.62. The molecule has 0 N–H and O–H groups in total. The van der Waals surface area contributed by atoms with Gasteiger partial charge in [-0.05, 0) is 112 Å². The molecule has 1 heterocycles. The van der Waals surface area contributed by atoms with Gasteiger partial charge in [0.2, 0.25) is 0 Å². The lowest BCUT2D eigenvalue weighted by Crippen LogP contribution is -2.26. The largest absolute Gasteiger partial charge is 0.456 e. The molecule has 0 aliphatic heterocycles. The first-order valence-corrected chi connectivity index (χ1v) is 19.9. The molecule has 58 heavy (non-hydrogen) atoms. The Kier molecular flexibility index (Phi) is 7.14. The minimum Gasteiger partial charge on any atom is -0.456 e. The molecule has 272 valence electrons. The summed E-state index contributed by atoms with van der Waals surface area (Å²) >= 11 is 0. The normalized spacial score (nSPS) is 14.6. The first kappa shape index (κ1) is 32.6. The van der Waals surface area contributed by atoms with E-state index in [9.17, 15) is 0 Å². The summed E-state index contributed by atoms with van der Waals surface area (Å²) in [5, 5.41) is 2.24. The van der Waals surface area contributed by atoms with E-state index in [0.29, 0.717) is 0 Å². The van der Waals surface area contributed by atoms with Crippen molar-refractivity contribution in [2.24, 2.45) is 0 Å². The van der Waals surface area contributed by atoms with Crippen LogP contribution in [0.3, 0.4) is 0 Å². The summed E-state index contributed by atoms with van der Waals surface area (Å²) in [7, 11) is 0. The third-order valence-corrected chi connectivity index (χ3v) is 12.2. The van der Waals surface area contributed by atoms with Crippen molar-refractivity contribution in [1.29, 1.82) is 0 Å². The van der Waals surface area contributed by atoms with E-state index in [-0.39, 0.29) is 0 Å². The van der Waals surface area contributed by atoms with Crippen LogP contribution in [-0.4, -0.2) is 0 Å². The number of rotatable bonds is 6. The Morgan fingerprint density at radius 1 is 0.310 bits per heavy atom. The Labute approximate surface area is 337 Å². The zero-order valence-electron chi connectivity index (χ0n) is 31.6. The van der Waals surface area contributed by atoms with Crippen LogP contribution in [0.5, 0.6) is 0 Å². The molecule has 0 saturated carbocycles. The van der Waals surface area contributed by atoms with Gasteiger partial charge in [0.25, 0.3) is 0 Å². The van der Waals surface area contributed by atoms with Crippen LogP contribution in [0.15, 0.2) is 223 Å². The second-order valence-electron chi connectivity index (χ2n) is 15.2. The average Bonchev–Trinajstić information content (AvgIpc) is 3.92. The summed E-state index contributed by atoms with van der Waals surface area (Å²) in [5.74, 6) is 0. The van der Waals surface area contributed by atoms with Crippen molar-refractivity contribution in [3.05, 3.63) is 241 Å². The predicted octanol–water partition coefficient (Wildman–Crippen LogP) is 14.9. The Morgan fingerprint density at radius 2 is 0.828 bits per heavy atom. The van der Waals surface area contributed by atoms with Crippen LogP contribution in [-0.2, 0) is 5.41 Å². The molecular weight excluding hydrogens is 705 g/mol. The molecule has 0 fully saturated rings. The lowest BCUT2D eigenvalue weighted by molar-refractivity contribution is 0.669. The van der Waals surface area contributed by atoms with Crippen molar-refractivity contribution in [3.8, 4) is 22.3 Å². The number of anilines is 6. The molecule has 0 radical (unpaired) electrons. The van der Waals surface area contributed by atoms with Crippen LogP contribution in [0, 0.1) is 0 Å². The molecule has 9 aromatic carbocycles. The fourth-order valence-corrected chi connectivity index (χ4v) is 9.94. The Balaban J connectivity index is 1.13. The number of benzene rings is 9. The van der Waals surface area contributed by atoms with Gasteiger partial charge < -0.3 is 14.2 Å². The van der Waals surface area contributed by atoms with E-state index in [4.69, 9.17) is 4.42 Å². The van der Waals surface area contributed by atoms with Gasteiger partial charge in [0.15, 0.2) is 0 Å². The van der Waals surface area contributed by atoms with Crippen molar-refractivity contribution >= 4 is 56.1 Å². The number of hydrogen-bond donors (Lipinski definition) is 0. The summed E-state index contributed by atoms with van der Waals surface area (Å²) in [6, 6.07) is 79.2. The Morgan fingerprint density at radius 3 is 1.55 bits per heavy atom. The van der Waals surface area contributed by atoms with Gasteiger partial charge in [0.1, 0.15) is 11.2 Å². The standard InChI is InChI=1S/C55H36N2O/c1-4-17-37(18-5-1)56(38-19-6-2-7-20-38)40-31-33-43-42-23-10-13-26-47(42)55(50(43)35-40)48-27-14-11-25-46(48)54-49(55)28-16-29-51(54)57(39-21-8-3-9-22-39)41-32-34-45-44-24-12-15-30-52(44)58-53(45)36-41/h1-36H. The zero-order valence-corrected chi connectivity index (χ0v) is 31.6. The minimum atomic E-state index is -0.548. The predicted molar refractivity (Wildman–Crippen MR) is 239 cm³/mol. The topological polar surface area (TPSA) is 19.6 Å². The smallest absolute Gasteiger partial charge is 0.137 e. The van der Waals surface area contributed by atoms with Crippen molar-refractivity contribution in [2.45, 2.75) is 5.41 Å². The van der Waals surface area contributed by atoms with Gasteiger partial charge in [0.05, 0.1) is 11.1 Å². The van der Waals surface area contributed by atoms with E-state index in [1.807, 2.05) is 12.1 Å². The van der Waals surface area contributed by atoms with Crippen LogP contribution in [0.4, 0.5) is 34.1 Å². The van der Waals surface area contributed by atoms with Gasteiger partial charge in [-0.1, -0.05) is 140 Å². The van der Waals surface area contributed by atoms with Crippen LogP contribution < -0.4 is 9.80 Å². The molecule has 1 unspecified atom stereocenters. The van der Waals surface area contributed by atoms with Crippen LogP contribution in [0.1, 0.15) is 22.3 Å². The molecule has 12 rings (SSSR count). The number of nitrogens with zero attached hydrogens (tertiary/aromatic N) is 2. The highest BCUT2D eigenvalue weighted by molar-refractivity contribution is 6.07. The zero-order chi connectivity index (χ0) is 38.2. The average molecular weight is 741 g/mol. The molecule has 3 heteroatoms. The van der Waals surface area contributed by atoms with E-state index in [1.54, 1.807) is 0 Å². The first-order valence-electron chi connectivity index (χ1n) is 19.9. The third kappa shape index (κ3) is 4.62. The summed E-state index contributed by atoms with van der Waals surface area (Å²) < 4.78 is 6.48. The lowest BCUT2D eigenvalue weighted by atomic mass is 9.70. The second kappa shape index (κ2) is 12.7. The molecule has 1 atom stereocenters. The Bertz CT molecular complexity index is 3150. The highest BCUT2D eigenvalue weighted by Crippen LogP contribution is 2.65. The number of para-hydroxylation sites is 4. The molecule has 2 aliphatic carbocycles. The van der Waals surface area contributed by atoms with Crippen LogP contribution in [0.25, 0.3) is 44.2 Å². The molecule has 2 aliphatic rings. The quantitative estimate of drug-likeness (QED) is 0.169. The summed E-state index contributed by atoms with van der Waals surface area (Å²) in [5.41, 5.74) is 18.0. The summed E-state index contributed by atoms with van der Waals surface area (Å²) in [6.45, 7) is 0. The van der Waals surface area contributed by atoms with Crippen molar-refractivity contribution < 1.29 is 4.42 Å². The van der Waals surface area contributed by atoms with E-state index < -0.39 is 5.41 Å². The third-order valence-electron chi connectivity index (χ3n) is 12.2.